The van der Waals surface area contributed by atoms with Crippen LogP contribution in [0.3, 0.4) is 0 Å². The Labute approximate surface area is 208 Å². The van der Waals surface area contributed by atoms with Crippen molar-refractivity contribution in [1.29, 1.82) is 0 Å². The second kappa shape index (κ2) is 8.72. The SMILES string of the molecule is Clc1ccc([C@@H]2c3ccc4ccccc4c3O[C@H](c3ccc(Cl)cc3)N2c2ccccc2)cc1. The Morgan fingerprint density at radius 1 is 0.588 bits per heavy atom. The molecule has 1 aliphatic rings. The van der Waals surface area contributed by atoms with Gasteiger partial charge in [-0.3, -0.25) is 0 Å². The average molecular weight is 482 g/mol. The van der Waals surface area contributed by atoms with Gasteiger partial charge in [-0.2, -0.15) is 0 Å². The van der Waals surface area contributed by atoms with Crippen LogP contribution in [0.2, 0.25) is 10.0 Å². The van der Waals surface area contributed by atoms with Gasteiger partial charge in [0.25, 0.3) is 0 Å². The van der Waals surface area contributed by atoms with Gasteiger partial charge in [0.05, 0.1) is 6.04 Å². The van der Waals surface area contributed by atoms with Crippen molar-refractivity contribution in [3.8, 4) is 5.75 Å². The van der Waals surface area contributed by atoms with Gasteiger partial charge in [0.1, 0.15) is 5.75 Å². The molecule has 5 aromatic carbocycles. The van der Waals surface area contributed by atoms with Crippen LogP contribution < -0.4 is 9.64 Å². The minimum absolute atomic E-state index is 0.0753. The molecule has 1 heterocycles. The third kappa shape index (κ3) is 3.69. The standard InChI is InChI=1S/C30H21Cl2NO/c31-23-15-10-21(11-16-23)28-27-19-14-20-6-4-5-9-26(20)29(27)34-30(22-12-17-24(32)18-13-22)33(28)25-7-2-1-3-8-25/h1-19,28,30H/t28-,30-/m1/s1. The first-order valence-corrected chi connectivity index (χ1v) is 12.0. The van der Waals surface area contributed by atoms with Crippen LogP contribution in [0.15, 0.2) is 115 Å². The van der Waals surface area contributed by atoms with E-state index < -0.39 is 0 Å². The summed E-state index contributed by atoms with van der Waals surface area (Å²) in [6, 6.07) is 39.1. The van der Waals surface area contributed by atoms with Gasteiger partial charge in [-0.15, -0.1) is 0 Å². The molecular weight excluding hydrogens is 461 g/mol. The summed E-state index contributed by atoms with van der Waals surface area (Å²) in [5.41, 5.74) is 4.37. The largest absolute Gasteiger partial charge is 0.465 e. The highest BCUT2D eigenvalue weighted by atomic mass is 35.5. The van der Waals surface area contributed by atoms with Crippen LogP contribution in [-0.4, -0.2) is 0 Å². The minimum atomic E-state index is -0.348. The molecule has 4 heteroatoms. The fourth-order valence-corrected chi connectivity index (χ4v) is 5.04. The van der Waals surface area contributed by atoms with Crippen LogP contribution in [0.4, 0.5) is 5.69 Å². The monoisotopic (exact) mass is 481 g/mol. The van der Waals surface area contributed by atoms with E-state index in [0.29, 0.717) is 5.02 Å². The van der Waals surface area contributed by atoms with Gasteiger partial charge in [-0.05, 0) is 47.3 Å². The molecule has 34 heavy (non-hydrogen) atoms. The molecule has 0 fully saturated rings. The van der Waals surface area contributed by atoms with Crippen molar-refractivity contribution in [2.45, 2.75) is 12.3 Å². The zero-order chi connectivity index (χ0) is 23.1. The number of rotatable bonds is 3. The Hall–Kier alpha value is -3.46. The number of anilines is 1. The van der Waals surface area contributed by atoms with Crippen LogP contribution in [0.5, 0.6) is 5.75 Å². The number of para-hydroxylation sites is 1. The Morgan fingerprint density at radius 2 is 1.21 bits per heavy atom. The fraction of sp³-hybridized carbons (Fsp3) is 0.0667. The van der Waals surface area contributed by atoms with E-state index in [2.05, 4.69) is 77.7 Å². The van der Waals surface area contributed by atoms with Gasteiger partial charge in [0, 0.05) is 32.2 Å². The lowest BCUT2D eigenvalue weighted by molar-refractivity contribution is 0.172. The summed E-state index contributed by atoms with van der Waals surface area (Å²) in [5.74, 6) is 0.908. The summed E-state index contributed by atoms with van der Waals surface area (Å²) in [4.78, 5) is 2.34. The van der Waals surface area contributed by atoms with Crippen molar-refractivity contribution < 1.29 is 4.74 Å². The second-order valence-electron chi connectivity index (χ2n) is 8.42. The van der Waals surface area contributed by atoms with Gasteiger partial charge >= 0.3 is 0 Å². The molecule has 0 radical (unpaired) electrons. The molecular formula is C30H21Cl2NO. The summed E-state index contributed by atoms with van der Waals surface area (Å²) in [7, 11) is 0. The van der Waals surface area contributed by atoms with Crippen molar-refractivity contribution in [2.24, 2.45) is 0 Å². The topological polar surface area (TPSA) is 12.5 Å². The van der Waals surface area contributed by atoms with Gasteiger partial charge in [-0.1, -0.05) is 102 Å². The summed E-state index contributed by atoms with van der Waals surface area (Å²) >= 11 is 12.5. The number of hydrogen-bond donors (Lipinski definition) is 0. The predicted octanol–water partition coefficient (Wildman–Crippen LogP) is 8.83. The first kappa shape index (κ1) is 21.1. The zero-order valence-corrected chi connectivity index (χ0v) is 19.7. The minimum Gasteiger partial charge on any atom is -0.465 e. The Kier molecular flexibility index (Phi) is 5.41. The van der Waals surface area contributed by atoms with Crippen LogP contribution >= 0.6 is 23.2 Å². The highest BCUT2D eigenvalue weighted by Gasteiger charge is 2.38. The van der Waals surface area contributed by atoms with E-state index in [4.69, 9.17) is 27.9 Å². The van der Waals surface area contributed by atoms with E-state index in [1.807, 2.05) is 42.5 Å². The molecule has 2 atom stereocenters. The number of ether oxygens (including phenoxy) is 1. The maximum Gasteiger partial charge on any atom is 0.199 e. The maximum atomic E-state index is 6.87. The Balaban J connectivity index is 1.64. The molecule has 0 aromatic heterocycles. The smallest absolute Gasteiger partial charge is 0.199 e. The summed E-state index contributed by atoms with van der Waals surface area (Å²) < 4.78 is 6.87. The Bertz CT molecular complexity index is 1450. The Morgan fingerprint density at radius 3 is 1.91 bits per heavy atom. The quantitative estimate of drug-likeness (QED) is 0.255. The van der Waals surface area contributed by atoms with Gasteiger partial charge in [0.15, 0.2) is 6.23 Å². The lowest BCUT2D eigenvalue weighted by Crippen LogP contribution is -2.40. The molecule has 6 rings (SSSR count). The molecule has 0 bridgehead atoms. The van der Waals surface area contributed by atoms with E-state index in [1.54, 1.807) is 0 Å². The highest BCUT2D eigenvalue weighted by molar-refractivity contribution is 6.30. The molecule has 166 valence electrons. The zero-order valence-electron chi connectivity index (χ0n) is 18.2. The highest BCUT2D eigenvalue weighted by Crippen LogP contribution is 2.50. The first-order valence-electron chi connectivity index (χ1n) is 11.2. The molecule has 0 unspecified atom stereocenters. The van der Waals surface area contributed by atoms with Crippen molar-refractivity contribution in [3.05, 3.63) is 142 Å². The molecule has 0 amide bonds. The summed E-state index contributed by atoms with van der Waals surface area (Å²) in [6.07, 6.45) is -0.348. The molecule has 0 aliphatic carbocycles. The third-order valence-electron chi connectivity index (χ3n) is 6.36. The van der Waals surface area contributed by atoms with E-state index in [9.17, 15) is 0 Å². The lowest BCUT2D eigenvalue weighted by atomic mass is 9.90. The number of nitrogens with zero attached hydrogens (tertiary/aromatic N) is 1. The number of benzene rings is 5. The molecule has 1 aliphatic heterocycles. The average Bonchev–Trinajstić information content (AvgIpc) is 2.89. The van der Waals surface area contributed by atoms with Crippen molar-refractivity contribution >= 4 is 39.7 Å². The fourth-order valence-electron chi connectivity index (χ4n) is 4.79. The normalized spacial score (nSPS) is 17.3. The van der Waals surface area contributed by atoms with Crippen LogP contribution in [0.25, 0.3) is 10.8 Å². The van der Waals surface area contributed by atoms with Gasteiger partial charge in [0.2, 0.25) is 0 Å². The van der Waals surface area contributed by atoms with Gasteiger partial charge in [-0.25, -0.2) is 0 Å². The van der Waals surface area contributed by atoms with Gasteiger partial charge < -0.3 is 9.64 Å². The van der Waals surface area contributed by atoms with Crippen molar-refractivity contribution in [2.75, 3.05) is 4.90 Å². The van der Waals surface area contributed by atoms with E-state index in [0.717, 1.165) is 43.9 Å². The van der Waals surface area contributed by atoms with Crippen LogP contribution in [0, 0.1) is 0 Å². The number of hydrogen-bond acceptors (Lipinski definition) is 2. The third-order valence-corrected chi connectivity index (χ3v) is 6.86. The predicted molar refractivity (Wildman–Crippen MR) is 141 cm³/mol. The van der Waals surface area contributed by atoms with Crippen molar-refractivity contribution in [3.63, 3.8) is 0 Å². The molecule has 5 aromatic rings. The molecule has 0 N–H and O–H groups in total. The maximum absolute atomic E-state index is 6.87. The van der Waals surface area contributed by atoms with E-state index in [-0.39, 0.29) is 12.3 Å². The van der Waals surface area contributed by atoms with Crippen LogP contribution in [-0.2, 0) is 0 Å². The summed E-state index contributed by atoms with van der Waals surface area (Å²) in [5, 5.41) is 3.67. The van der Waals surface area contributed by atoms with Crippen molar-refractivity contribution in [1.82, 2.24) is 0 Å². The molecule has 2 nitrogen and oxygen atoms in total. The summed E-state index contributed by atoms with van der Waals surface area (Å²) in [6.45, 7) is 0. The van der Waals surface area contributed by atoms with Crippen LogP contribution in [0.1, 0.15) is 29.0 Å². The molecule has 0 saturated carbocycles. The number of fused-ring (bicyclic) bond motifs is 3. The van der Waals surface area contributed by atoms with E-state index >= 15 is 0 Å². The van der Waals surface area contributed by atoms with E-state index in [1.165, 1.54) is 0 Å². The second-order valence-corrected chi connectivity index (χ2v) is 9.30. The lowest BCUT2D eigenvalue weighted by Gasteiger charge is -2.45. The first-order chi connectivity index (χ1) is 16.7. The molecule has 0 saturated heterocycles. The molecule has 0 spiro atoms. The number of halogens is 2.